The highest BCUT2D eigenvalue weighted by Gasteiger charge is 2.29. The molecule has 2 rings (SSSR count). The van der Waals surface area contributed by atoms with E-state index in [2.05, 4.69) is 16.0 Å². The van der Waals surface area contributed by atoms with Gasteiger partial charge in [-0.1, -0.05) is 60.7 Å². The lowest BCUT2D eigenvalue weighted by Gasteiger charge is -2.24. The summed E-state index contributed by atoms with van der Waals surface area (Å²) in [4.78, 5) is 60.7. The fourth-order valence-electron chi connectivity index (χ4n) is 3.47. The molecule has 4 unspecified atom stereocenters. The van der Waals surface area contributed by atoms with E-state index in [1.807, 2.05) is 0 Å². The predicted octanol–water partition coefficient (Wildman–Crippen LogP) is 0.223. The lowest BCUT2D eigenvalue weighted by molar-refractivity contribution is -0.142. The number of rotatable bonds is 14. The number of amides is 3. The predicted molar refractivity (Wildman–Crippen MR) is 134 cm³/mol. The first-order valence-electron chi connectivity index (χ1n) is 11.8. The molecule has 0 aromatic heterocycles. The van der Waals surface area contributed by atoms with Crippen molar-refractivity contribution in [1.82, 2.24) is 16.0 Å². The van der Waals surface area contributed by atoms with E-state index < -0.39 is 53.8 Å². The van der Waals surface area contributed by atoms with E-state index in [1.165, 1.54) is 6.92 Å². The van der Waals surface area contributed by atoms with Crippen molar-refractivity contribution in [1.29, 1.82) is 0 Å². The molecule has 0 aliphatic heterocycles. The van der Waals surface area contributed by atoms with Crippen LogP contribution in [0.5, 0.6) is 0 Å². The van der Waals surface area contributed by atoms with Gasteiger partial charge in [-0.2, -0.15) is 0 Å². The highest BCUT2D eigenvalue weighted by Crippen LogP contribution is 2.07. The van der Waals surface area contributed by atoms with Gasteiger partial charge in [0.2, 0.25) is 17.7 Å². The minimum atomic E-state index is -1.23. The average Bonchev–Trinajstić information content (AvgIpc) is 2.87. The van der Waals surface area contributed by atoms with Crippen molar-refractivity contribution in [2.24, 2.45) is 5.73 Å². The van der Waals surface area contributed by atoms with Crippen LogP contribution in [0.25, 0.3) is 0 Å². The third kappa shape index (κ3) is 10.1. The van der Waals surface area contributed by atoms with Gasteiger partial charge in [0.15, 0.2) is 0 Å². The first kappa shape index (κ1) is 29.0. The lowest BCUT2D eigenvalue weighted by atomic mass is 10.0. The number of aliphatic carboxylic acids is 2. The zero-order valence-corrected chi connectivity index (χ0v) is 20.4. The number of carbonyl (C=O) groups is 5. The maximum absolute atomic E-state index is 13.1. The maximum atomic E-state index is 13.1. The second kappa shape index (κ2) is 14.3. The molecule has 11 heteroatoms. The first-order valence-corrected chi connectivity index (χ1v) is 11.8. The Morgan fingerprint density at radius 2 is 1.22 bits per heavy atom. The van der Waals surface area contributed by atoms with Crippen molar-refractivity contribution >= 4 is 29.7 Å². The van der Waals surface area contributed by atoms with E-state index in [1.54, 1.807) is 60.7 Å². The minimum Gasteiger partial charge on any atom is -0.481 e. The lowest BCUT2D eigenvalue weighted by Crippen LogP contribution is -2.57. The van der Waals surface area contributed by atoms with Gasteiger partial charge in [0.05, 0.1) is 6.04 Å². The van der Waals surface area contributed by atoms with E-state index in [0.29, 0.717) is 0 Å². The van der Waals surface area contributed by atoms with Crippen LogP contribution in [0.2, 0.25) is 0 Å². The van der Waals surface area contributed by atoms with Gasteiger partial charge in [-0.15, -0.1) is 0 Å². The number of hydrogen-bond donors (Lipinski definition) is 6. The third-order valence-corrected chi connectivity index (χ3v) is 5.57. The monoisotopic (exact) mass is 512 g/mol. The minimum absolute atomic E-state index is 0.0502. The van der Waals surface area contributed by atoms with Crippen molar-refractivity contribution in [3.63, 3.8) is 0 Å². The Labute approximate surface area is 214 Å². The van der Waals surface area contributed by atoms with Gasteiger partial charge in [-0.05, 0) is 24.5 Å². The quantitative estimate of drug-likeness (QED) is 0.207. The van der Waals surface area contributed by atoms with Crippen LogP contribution in [-0.4, -0.2) is 64.0 Å². The van der Waals surface area contributed by atoms with Gasteiger partial charge in [0.25, 0.3) is 0 Å². The summed E-state index contributed by atoms with van der Waals surface area (Å²) in [6.07, 6.45) is -0.280. The molecule has 0 saturated heterocycles. The molecule has 0 saturated carbocycles. The molecule has 0 radical (unpaired) electrons. The molecule has 2 aromatic carbocycles. The molecule has 0 heterocycles. The number of nitrogens with two attached hydrogens (primary N) is 1. The van der Waals surface area contributed by atoms with Crippen LogP contribution in [0, 0.1) is 0 Å². The Balaban J connectivity index is 2.10. The van der Waals surface area contributed by atoms with Crippen LogP contribution in [0.3, 0.4) is 0 Å². The fraction of sp³-hybridized carbons (Fsp3) is 0.346. The van der Waals surface area contributed by atoms with Gasteiger partial charge in [-0.3, -0.25) is 19.2 Å². The molecule has 3 amide bonds. The Morgan fingerprint density at radius 3 is 1.70 bits per heavy atom. The summed E-state index contributed by atoms with van der Waals surface area (Å²) in [5.74, 6) is -4.42. The van der Waals surface area contributed by atoms with Crippen LogP contribution >= 0.6 is 0 Å². The second-order valence-corrected chi connectivity index (χ2v) is 8.61. The smallest absolute Gasteiger partial charge is 0.326 e. The Kier molecular flexibility index (Phi) is 11.2. The number of carboxylic acids is 2. The van der Waals surface area contributed by atoms with E-state index in [-0.39, 0.29) is 25.7 Å². The molecule has 0 aliphatic rings. The summed E-state index contributed by atoms with van der Waals surface area (Å²) >= 11 is 0. The van der Waals surface area contributed by atoms with Crippen molar-refractivity contribution in [2.45, 2.75) is 56.8 Å². The van der Waals surface area contributed by atoms with E-state index >= 15 is 0 Å². The average molecular weight is 513 g/mol. The molecule has 37 heavy (non-hydrogen) atoms. The number of benzene rings is 2. The SMILES string of the molecule is CC(NC(=O)C(N)CCC(=O)O)C(=O)NC(Cc1ccccc1)C(=O)NC(Cc1ccccc1)C(=O)O. The highest BCUT2D eigenvalue weighted by atomic mass is 16.4. The molecule has 0 aliphatic carbocycles. The largest absolute Gasteiger partial charge is 0.481 e. The number of carboxylic acid groups (broad SMARTS) is 2. The number of nitrogens with one attached hydrogen (secondary N) is 3. The van der Waals surface area contributed by atoms with E-state index in [9.17, 15) is 29.1 Å². The highest BCUT2D eigenvalue weighted by molar-refractivity contribution is 5.94. The van der Waals surface area contributed by atoms with Gasteiger partial charge in [-0.25, -0.2) is 4.79 Å². The van der Waals surface area contributed by atoms with Crippen molar-refractivity contribution < 1.29 is 34.2 Å². The first-order chi connectivity index (χ1) is 17.6. The summed E-state index contributed by atoms with van der Waals surface area (Å²) in [6, 6.07) is 13.1. The van der Waals surface area contributed by atoms with E-state index in [0.717, 1.165) is 11.1 Å². The maximum Gasteiger partial charge on any atom is 0.326 e. The Hall–Kier alpha value is -4.25. The van der Waals surface area contributed by atoms with Crippen LogP contribution in [-0.2, 0) is 36.8 Å². The summed E-state index contributed by atoms with van der Waals surface area (Å²) in [7, 11) is 0. The molecule has 0 fully saturated rings. The fourth-order valence-corrected chi connectivity index (χ4v) is 3.47. The molecular formula is C26H32N4O7. The van der Waals surface area contributed by atoms with Crippen molar-refractivity contribution in [3.05, 3.63) is 71.8 Å². The topological polar surface area (TPSA) is 188 Å². The zero-order chi connectivity index (χ0) is 27.4. The normalized spacial score (nSPS) is 13.9. The van der Waals surface area contributed by atoms with Crippen LogP contribution in [0.4, 0.5) is 0 Å². The van der Waals surface area contributed by atoms with Crippen molar-refractivity contribution in [3.8, 4) is 0 Å². The number of hydrogen-bond acceptors (Lipinski definition) is 6. The van der Waals surface area contributed by atoms with Gasteiger partial charge < -0.3 is 31.9 Å². The zero-order valence-electron chi connectivity index (χ0n) is 20.4. The Morgan fingerprint density at radius 1 is 0.730 bits per heavy atom. The van der Waals surface area contributed by atoms with Gasteiger partial charge in [0, 0.05) is 19.3 Å². The molecule has 4 atom stereocenters. The van der Waals surface area contributed by atoms with Crippen LogP contribution in [0.15, 0.2) is 60.7 Å². The van der Waals surface area contributed by atoms with Gasteiger partial charge in [0.1, 0.15) is 18.1 Å². The molecular weight excluding hydrogens is 480 g/mol. The summed E-state index contributed by atoms with van der Waals surface area (Å²) in [6.45, 7) is 1.39. The van der Waals surface area contributed by atoms with E-state index in [4.69, 9.17) is 10.8 Å². The molecule has 0 spiro atoms. The Bertz CT molecular complexity index is 1080. The molecule has 7 N–H and O–H groups in total. The standard InChI is InChI=1S/C26H32N4O7/c1-16(28-24(34)19(27)12-13-22(31)32)23(33)29-20(14-17-8-4-2-5-9-17)25(35)30-21(26(36)37)15-18-10-6-3-7-11-18/h2-11,16,19-21H,12-15,27H2,1H3,(H,28,34)(H,29,33)(H,30,35)(H,31,32)(H,36,37). The molecule has 11 nitrogen and oxygen atoms in total. The summed E-state index contributed by atoms with van der Waals surface area (Å²) in [5, 5.41) is 25.9. The number of carbonyl (C=O) groups excluding carboxylic acids is 3. The van der Waals surface area contributed by atoms with Gasteiger partial charge >= 0.3 is 11.9 Å². The summed E-state index contributed by atoms with van der Waals surface area (Å²) < 4.78 is 0. The third-order valence-electron chi connectivity index (χ3n) is 5.57. The second-order valence-electron chi connectivity index (χ2n) is 8.61. The molecule has 2 aromatic rings. The van der Waals surface area contributed by atoms with Crippen molar-refractivity contribution in [2.75, 3.05) is 0 Å². The van der Waals surface area contributed by atoms with Crippen LogP contribution < -0.4 is 21.7 Å². The molecule has 0 bridgehead atoms. The molecule has 198 valence electrons. The summed E-state index contributed by atoms with van der Waals surface area (Å²) in [5.41, 5.74) is 7.13. The van der Waals surface area contributed by atoms with Crippen LogP contribution in [0.1, 0.15) is 30.9 Å².